The molecule has 0 aliphatic rings. The lowest BCUT2D eigenvalue weighted by molar-refractivity contribution is 0.102. The Hall–Kier alpha value is -0.380. The fraction of sp³-hybridized carbons (Fsp3) is 0.400. The van der Waals surface area contributed by atoms with Crippen molar-refractivity contribution in [2.45, 2.75) is 24.0 Å². The molecule has 1 aromatic rings. The summed E-state index contributed by atoms with van der Waals surface area (Å²) in [5.74, 6) is 0. The van der Waals surface area contributed by atoms with E-state index in [0.29, 0.717) is 0 Å². The Bertz CT molecular complexity index is 248. The molecule has 0 unspecified atom stereocenters. The second-order valence-electron chi connectivity index (χ2n) is 3.04. The highest BCUT2D eigenvalue weighted by Crippen LogP contribution is 2.24. The third-order valence-electron chi connectivity index (χ3n) is 1.90. The van der Waals surface area contributed by atoms with Crippen molar-refractivity contribution in [1.82, 2.24) is 0 Å². The van der Waals surface area contributed by atoms with Crippen molar-refractivity contribution in [2.75, 3.05) is 0 Å². The number of benzene rings is 1. The van der Waals surface area contributed by atoms with Crippen molar-refractivity contribution in [3.8, 4) is 0 Å². The quantitative estimate of drug-likeness (QED) is 0.798. The summed E-state index contributed by atoms with van der Waals surface area (Å²) in [5.41, 5.74) is 0.810. The molecule has 0 bridgehead atoms. The van der Waals surface area contributed by atoms with Crippen molar-refractivity contribution in [1.29, 1.82) is 0 Å². The van der Waals surface area contributed by atoms with Crippen molar-refractivity contribution >= 4 is 15.9 Å². The Morgan fingerprint density at radius 2 is 1.69 bits per heavy atom. The maximum Gasteiger partial charge on any atom is 0.0940 e. The first-order valence-electron chi connectivity index (χ1n) is 4.18. The van der Waals surface area contributed by atoms with Crippen LogP contribution in [0.15, 0.2) is 30.3 Å². The molecule has 0 spiro atoms. The smallest absolute Gasteiger partial charge is 0.0940 e. The number of rotatable bonds is 3. The summed E-state index contributed by atoms with van der Waals surface area (Å²) >= 11 is 3.24. The van der Waals surface area contributed by atoms with Crippen LogP contribution in [-0.4, -0.2) is 21.1 Å². The first kappa shape index (κ1) is 10.7. The average molecular weight is 245 g/mol. The van der Waals surface area contributed by atoms with E-state index in [2.05, 4.69) is 15.9 Å². The van der Waals surface area contributed by atoms with Crippen LogP contribution >= 0.6 is 15.9 Å². The van der Waals surface area contributed by atoms with E-state index in [4.69, 9.17) is 0 Å². The minimum Gasteiger partial charge on any atom is -0.392 e. The van der Waals surface area contributed by atoms with Gasteiger partial charge in [-0.05, 0) is 12.5 Å². The van der Waals surface area contributed by atoms with E-state index in [9.17, 15) is 10.2 Å². The summed E-state index contributed by atoms with van der Waals surface area (Å²) in [6, 6.07) is 9.28. The molecule has 0 fully saturated rings. The molecule has 3 atom stereocenters. The largest absolute Gasteiger partial charge is 0.392 e. The van der Waals surface area contributed by atoms with Gasteiger partial charge in [0, 0.05) is 0 Å². The van der Waals surface area contributed by atoms with E-state index in [-0.39, 0.29) is 4.83 Å². The highest BCUT2D eigenvalue weighted by atomic mass is 79.9. The Kier molecular flexibility index (Phi) is 3.90. The molecule has 2 nitrogen and oxygen atoms in total. The zero-order chi connectivity index (χ0) is 9.84. The lowest BCUT2D eigenvalue weighted by Gasteiger charge is -2.19. The maximum atomic E-state index is 9.75. The number of alkyl halides is 1. The lowest BCUT2D eigenvalue weighted by Crippen LogP contribution is -2.23. The number of aliphatic hydroxyl groups excluding tert-OH is 2. The average Bonchev–Trinajstić information content (AvgIpc) is 2.17. The lowest BCUT2D eigenvalue weighted by atomic mass is 10.0. The van der Waals surface area contributed by atoms with Gasteiger partial charge < -0.3 is 10.2 Å². The number of hydrogen-bond acceptors (Lipinski definition) is 2. The van der Waals surface area contributed by atoms with Crippen LogP contribution in [0.2, 0.25) is 0 Å². The maximum absolute atomic E-state index is 9.75. The first-order chi connectivity index (χ1) is 6.13. The molecule has 1 rings (SSSR count). The first-order valence-corrected chi connectivity index (χ1v) is 5.09. The molecule has 0 radical (unpaired) electrons. The van der Waals surface area contributed by atoms with E-state index in [1.54, 1.807) is 6.92 Å². The molecule has 0 saturated heterocycles. The fourth-order valence-corrected chi connectivity index (χ4v) is 1.40. The van der Waals surface area contributed by atoms with E-state index in [1.165, 1.54) is 0 Å². The second kappa shape index (κ2) is 4.74. The van der Waals surface area contributed by atoms with Gasteiger partial charge in [0.25, 0.3) is 0 Å². The SMILES string of the molecule is C[C@H](O)[C@H](Br)[C@H](O)c1ccccc1. The number of halogens is 1. The van der Waals surface area contributed by atoms with Crippen LogP contribution in [0.5, 0.6) is 0 Å². The highest BCUT2D eigenvalue weighted by Gasteiger charge is 2.21. The molecular formula is C10H13BrO2. The molecule has 13 heavy (non-hydrogen) atoms. The van der Waals surface area contributed by atoms with Gasteiger partial charge >= 0.3 is 0 Å². The third kappa shape index (κ3) is 2.79. The zero-order valence-electron chi connectivity index (χ0n) is 7.39. The van der Waals surface area contributed by atoms with Crippen LogP contribution < -0.4 is 0 Å². The molecule has 0 amide bonds. The summed E-state index contributed by atoms with van der Waals surface area (Å²) in [4.78, 5) is -0.324. The Labute approximate surface area is 86.3 Å². The monoisotopic (exact) mass is 244 g/mol. The summed E-state index contributed by atoms with van der Waals surface area (Å²) in [7, 11) is 0. The molecule has 0 saturated carbocycles. The van der Waals surface area contributed by atoms with Crippen LogP contribution in [0.1, 0.15) is 18.6 Å². The summed E-state index contributed by atoms with van der Waals surface area (Å²) in [6.45, 7) is 1.64. The van der Waals surface area contributed by atoms with Gasteiger partial charge in [-0.1, -0.05) is 46.3 Å². The van der Waals surface area contributed by atoms with Gasteiger partial charge in [0.1, 0.15) is 0 Å². The van der Waals surface area contributed by atoms with E-state index < -0.39 is 12.2 Å². The minimum atomic E-state index is -0.666. The Morgan fingerprint density at radius 3 is 2.15 bits per heavy atom. The fourth-order valence-electron chi connectivity index (χ4n) is 1.10. The predicted octanol–water partition coefficient (Wildman–Crippen LogP) is 1.86. The third-order valence-corrected chi connectivity index (χ3v) is 3.17. The molecule has 0 heterocycles. The molecule has 0 aliphatic carbocycles. The van der Waals surface area contributed by atoms with Crippen molar-refractivity contribution < 1.29 is 10.2 Å². The van der Waals surface area contributed by atoms with E-state index in [1.807, 2.05) is 30.3 Å². The number of hydrogen-bond donors (Lipinski definition) is 2. The van der Waals surface area contributed by atoms with Gasteiger partial charge in [-0.2, -0.15) is 0 Å². The molecule has 72 valence electrons. The van der Waals surface area contributed by atoms with Crippen molar-refractivity contribution in [2.24, 2.45) is 0 Å². The highest BCUT2D eigenvalue weighted by molar-refractivity contribution is 9.09. The standard InChI is InChI=1S/C10H13BrO2/c1-7(12)9(11)10(13)8-5-3-2-4-6-8/h2-7,9-10,12-13H,1H3/t7-,9-,10+/m0/s1. The summed E-state index contributed by atoms with van der Waals surface area (Å²) in [6.07, 6.45) is -1.24. The normalized spacial score (nSPS) is 17.8. The number of aliphatic hydroxyl groups is 2. The minimum absolute atomic E-state index is 0.324. The van der Waals surface area contributed by atoms with Gasteiger partial charge in [-0.25, -0.2) is 0 Å². The van der Waals surface area contributed by atoms with Crippen LogP contribution in [-0.2, 0) is 0 Å². The van der Waals surface area contributed by atoms with Crippen LogP contribution in [0, 0.1) is 0 Å². The van der Waals surface area contributed by atoms with Crippen molar-refractivity contribution in [3.63, 3.8) is 0 Å². The summed E-state index contributed by atoms with van der Waals surface area (Å²) in [5, 5.41) is 19.0. The van der Waals surface area contributed by atoms with Gasteiger partial charge in [-0.15, -0.1) is 0 Å². The molecule has 2 N–H and O–H groups in total. The van der Waals surface area contributed by atoms with Gasteiger partial charge in [0.2, 0.25) is 0 Å². The van der Waals surface area contributed by atoms with Gasteiger partial charge in [-0.3, -0.25) is 0 Å². The van der Waals surface area contributed by atoms with Gasteiger partial charge in [0.15, 0.2) is 0 Å². The molecule has 0 aliphatic heterocycles. The van der Waals surface area contributed by atoms with Crippen molar-refractivity contribution in [3.05, 3.63) is 35.9 Å². The Morgan fingerprint density at radius 1 is 1.15 bits per heavy atom. The van der Waals surface area contributed by atoms with E-state index >= 15 is 0 Å². The second-order valence-corrected chi connectivity index (χ2v) is 4.10. The zero-order valence-corrected chi connectivity index (χ0v) is 8.98. The van der Waals surface area contributed by atoms with Crippen LogP contribution in [0.3, 0.4) is 0 Å². The summed E-state index contributed by atoms with van der Waals surface area (Å²) < 4.78 is 0. The predicted molar refractivity (Wildman–Crippen MR) is 55.8 cm³/mol. The molecule has 1 aromatic carbocycles. The van der Waals surface area contributed by atoms with Gasteiger partial charge in [0.05, 0.1) is 17.0 Å². The van der Waals surface area contributed by atoms with Crippen LogP contribution in [0.4, 0.5) is 0 Å². The van der Waals surface area contributed by atoms with Crippen LogP contribution in [0.25, 0.3) is 0 Å². The molecule has 3 heteroatoms. The molecular weight excluding hydrogens is 232 g/mol. The Balaban J connectivity index is 2.73. The topological polar surface area (TPSA) is 40.5 Å². The van der Waals surface area contributed by atoms with E-state index in [0.717, 1.165) is 5.56 Å². The molecule has 0 aromatic heterocycles.